The molecule has 0 atom stereocenters. The van der Waals surface area contributed by atoms with Crippen LogP contribution in [0, 0.1) is 0 Å². The van der Waals surface area contributed by atoms with Gasteiger partial charge in [0.2, 0.25) is 0 Å². The van der Waals surface area contributed by atoms with Crippen molar-refractivity contribution in [2.45, 2.75) is 58.8 Å². The Bertz CT molecular complexity index is 293. The van der Waals surface area contributed by atoms with E-state index in [2.05, 4.69) is 38.1 Å². The fraction of sp³-hybridized carbons (Fsp3) is 0.625. The lowest BCUT2D eigenvalue weighted by Crippen LogP contribution is -2.00. The van der Waals surface area contributed by atoms with Crippen molar-refractivity contribution in [2.24, 2.45) is 0 Å². The predicted octanol–water partition coefficient (Wildman–Crippen LogP) is 4.99. The van der Waals surface area contributed by atoms with Crippen LogP contribution in [-0.4, -0.2) is 6.61 Å². The summed E-state index contributed by atoms with van der Waals surface area (Å²) in [6.07, 6.45) is 8.69. The van der Waals surface area contributed by atoms with E-state index in [-0.39, 0.29) is 0 Å². The minimum Gasteiger partial charge on any atom is -0.493 e. The Kier molecular flexibility index (Phi) is 7.53. The highest BCUT2D eigenvalue weighted by atomic mass is 16.5. The van der Waals surface area contributed by atoms with Gasteiger partial charge in [-0.05, 0) is 30.9 Å². The maximum Gasteiger partial charge on any atom is 0.122 e. The van der Waals surface area contributed by atoms with Crippen LogP contribution in [0.5, 0.6) is 5.75 Å². The number of aryl methyl sites for hydroxylation is 1. The first-order chi connectivity index (χ1) is 8.38. The molecule has 0 aliphatic rings. The van der Waals surface area contributed by atoms with Gasteiger partial charge in [-0.3, -0.25) is 0 Å². The van der Waals surface area contributed by atoms with Crippen LogP contribution in [0.4, 0.5) is 0 Å². The molecule has 0 saturated carbocycles. The summed E-state index contributed by atoms with van der Waals surface area (Å²) in [4.78, 5) is 0. The Morgan fingerprint density at radius 1 is 0.882 bits per heavy atom. The van der Waals surface area contributed by atoms with Crippen molar-refractivity contribution in [2.75, 3.05) is 6.61 Å². The molecule has 1 heteroatoms. The molecule has 0 aromatic heterocycles. The van der Waals surface area contributed by atoms with E-state index in [9.17, 15) is 0 Å². The van der Waals surface area contributed by atoms with Gasteiger partial charge in [-0.1, -0.05) is 57.7 Å². The minimum atomic E-state index is 0.860. The summed E-state index contributed by atoms with van der Waals surface area (Å²) < 4.78 is 5.87. The Balaban J connectivity index is 2.40. The summed E-state index contributed by atoms with van der Waals surface area (Å²) >= 11 is 0. The molecule has 0 saturated heterocycles. The van der Waals surface area contributed by atoms with E-state index in [0.717, 1.165) is 18.8 Å². The first kappa shape index (κ1) is 14.1. The molecule has 0 aliphatic carbocycles. The normalized spacial score (nSPS) is 10.5. The van der Waals surface area contributed by atoms with E-state index in [0.29, 0.717) is 0 Å². The summed E-state index contributed by atoms with van der Waals surface area (Å²) in [6, 6.07) is 8.48. The molecule has 0 amide bonds. The zero-order valence-electron chi connectivity index (χ0n) is 11.4. The third-order valence-corrected chi connectivity index (χ3v) is 3.03. The molecular formula is C16H26O. The Hall–Kier alpha value is -0.980. The van der Waals surface area contributed by atoms with Gasteiger partial charge in [0.1, 0.15) is 5.75 Å². The van der Waals surface area contributed by atoms with Crippen LogP contribution in [0.1, 0.15) is 57.9 Å². The smallest absolute Gasteiger partial charge is 0.122 e. The first-order valence-electron chi connectivity index (χ1n) is 7.09. The number of hydrogen-bond donors (Lipinski definition) is 0. The van der Waals surface area contributed by atoms with Crippen LogP contribution < -0.4 is 4.74 Å². The van der Waals surface area contributed by atoms with Crippen molar-refractivity contribution < 1.29 is 4.74 Å². The molecule has 0 bridgehead atoms. The van der Waals surface area contributed by atoms with Gasteiger partial charge in [0, 0.05) is 0 Å². The second-order valence-corrected chi connectivity index (χ2v) is 4.62. The maximum absolute atomic E-state index is 5.87. The molecule has 0 fully saturated rings. The second-order valence-electron chi connectivity index (χ2n) is 4.62. The number of hydrogen-bond acceptors (Lipinski definition) is 1. The lowest BCUT2D eigenvalue weighted by atomic mass is 10.1. The molecule has 0 heterocycles. The van der Waals surface area contributed by atoms with Crippen LogP contribution in [-0.2, 0) is 6.42 Å². The Labute approximate surface area is 106 Å². The van der Waals surface area contributed by atoms with E-state index in [1.54, 1.807) is 0 Å². The summed E-state index contributed by atoms with van der Waals surface area (Å²) in [5, 5.41) is 0. The van der Waals surface area contributed by atoms with Crippen LogP contribution in [0.15, 0.2) is 24.3 Å². The molecule has 1 nitrogen and oxygen atoms in total. The summed E-state index contributed by atoms with van der Waals surface area (Å²) in [6.45, 7) is 5.32. The van der Waals surface area contributed by atoms with E-state index in [1.807, 2.05) is 0 Å². The highest BCUT2D eigenvalue weighted by molar-refractivity contribution is 5.33. The second kappa shape index (κ2) is 9.09. The van der Waals surface area contributed by atoms with Gasteiger partial charge in [0.25, 0.3) is 0 Å². The Morgan fingerprint density at radius 2 is 1.59 bits per heavy atom. The third-order valence-electron chi connectivity index (χ3n) is 3.03. The molecule has 0 N–H and O–H groups in total. The summed E-state index contributed by atoms with van der Waals surface area (Å²) in [7, 11) is 0. The van der Waals surface area contributed by atoms with Crippen LogP contribution in [0.2, 0.25) is 0 Å². The molecule has 0 unspecified atom stereocenters. The van der Waals surface area contributed by atoms with Gasteiger partial charge in [0.15, 0.2) is 0 Å². The third kappa shape index (κ3) is 5.76. The zero-order valence-corrected chi connectivity index (χ0v) is 11.4. The maximum atomic E-state index is 5.87. The lowest BCUT2D eigenvalue weighted by Gasteiger charge is -2.11. The summed E-state index contributed by atoms with van der Waals surface area (Å²) in [5.41, 5.74) is 1.37. The summed E-state index contributed by atoms with van der Waals surface area (Å²) in [5.74, 6) is 1.10. The number of rotatable bonds is 9. The van der Waals surface area contributed by atoms with Crippen molar-refractivity contribution in [3.63, 3.8) is 0 Å². The molecule has 1 rings (SSSR count). The van der Waals surface area contributed by atoms with Gasteiger partial charge in [-0.25, -0.2) is 0 Å². The molecule has 0 spiro atoms. The van der Waals surface area contributed by atoms with E-state index in [1.165, 1.54) is 44.1 Å². The number of ether oxygens (including phenoxy) is 1. The fourth-order valence-electron chi connectivity index (χ4n) is 1.95. The largest absolute Gasteiger partial charge is 0.493 e. The monoisotopic (exact) mass is 234 g/mol. The van der Waals surface area contributed by atoms with Crippen molar-refractivity contribution in [1.82, 2.24) is 0 Å². The highest BCUT2D eigenvalue weighted by Crippen LogP contribution is 2.20. The zero-order chi connectivity index (χ0) is 12.3. The van der Waals surface area contributed by atoms with Crippen LogP contribution in [0.3, 0.4) is 0 Å². The van der Waals surface area contributed by atoms with Crippen LogP contribution >= 0.6 is 0 Å². The van der Waals surface area contributed by atoms with Gasteiger partial charge in [-0.2, -0.15) is 0 Å². The standard InChI is InChI=1S/C16H26O/c1-3-5-7-11-15-12-8-9-13-16(15)17-14-10-6-4-2/h8-9,12-13H,3-7,10-11,14H2,1-2H3. The average molecular weight is 234 g/mol. The number of benzene rings is 1. The molecule has 0 aliphatic heterocycles. The molecule has 17 heavy (non-hydrogen) atoms. The van der Waals surface area contributed by atoms with Crippen molar-refractivity contribution >= 4 is 0 Å². The SMILES string of the molecule is CCCCCOc1ccccc1CCCCC. The average Bonchev–Trinajstić information content (AvgIpc) is 2.36. The lowest BCUT2D eigenvalue weighted by molar-refractivity contribution is 0.303. The topological polar surface area (TPSA) is 9.23 Å². The molecule has 1 aromatic rings. The fourth-order valence-corrected chi connectivity index (χ4v) is 1.95. The molecular weight excluding hydrogens is 208 g/mol. The van der Waals surface area contributed by atoms with Gasteiger partial charge in [0.05, 0.1) is 6.61 Å². The van der Waals surface area contributed by atoms with Gasteiger partial charge in [-0.15, -0.1) is 0 Å². The minimum absolute atomic E-state index is 0.860. The predicted molar refractivity (Wildman–Crippen MR) is 74.7 cm³/mol. The number of unbranched alkanes of at least 4 members (excludes halogenated alkanes) is 4. The van der Waals surface area contributed by atoms with Gasteiger partial charge >= 0.3 is 0 Å². The van der Waals surface area contributed by atoms with E-state index < -0.39 is 0 Å². The highest BCUT2D eigenvalue weighted by Gasteiger charge is 2.02. The quantitative estimate of drug-likeness (QED) is 0.547. The van der Waals surface area contributed by atoms with Gasteiger partial charge < -0.3 is 4.74 Å². The van der Waals surface area contributed by atoms with Crippen LogP contribution in [0.25, 0.3) is 0 Å². The molecule has 96 valence electrons. The molecule has 0 radical (unpaired) electrons. The van der Waals surface area contributed by atoms with Crippen molar-refractivity contribution in [1.29, 1.82) is 0 Å². The molecule has 1 aromatic carbocycles. The number of para-hydroxylation sites is 1. The first-order valence-corrected chi connectivity index (χ1v) is 7.09. The Morgan fingerprint density at radius 3 is 2.35 bits per heavy atom. The van der Waals surface area contributed by atoms with Crippen molar-refractivity contribution in [3.05, 3.63) is 29.8 Å². The van der Waals surface area contributed by atoms with E-state index in [4.69, 9.17) is 4.74 Å². The van der Waals surface area contributed by atoms with Crippen molar-refractivity contribution in [3.8, 4) is 5.75 Å². The van der Waals surface area contributed by atoms with E-state index >= 15 is 0 Å².